The van der Waals surface area contributed by atoms with Gasteiger partial charge in [0.25, 0.3) is 0 Å². The van der Waals surface area contributed by atoms with Gasteiger partial charge in [-0.05, 0) is 32.0 Å². The lowest BCUT2D eigenvalue weighted by Crippen LogP contribution is -2.38. The minimum absolute atomic E-state index is 0.120. The summed E-state index contributed by atoms with van der Waals surface area (Å²) in [4.78, 5) is 11.3. The summed E-state index contributed by atoms with van der Waals surface area (Å²) in [6.45, 7) is 2.71. The Morgan fingerprint density at radius 1 is 1.45 bits per heavy atom. The molecule has 0 fully saturated rings. The highest BCUT2D eigenvalue weighted by atomic mass is 32.2. The number of rotatable bonds is 5. The lowest BCUT2D eigenvalue weighted by atomic mass is 10.1. The average molecular weight is 302 g/mol. The maximum atomic E-state index is 12.2. The van der Waals surface area contributed by atoms with Crippen LogP contribution in [-0.2, 0) is 14.8 Å². The molecule has 4 N–H and O–H groups in total. The van der Waals surface area contributed by atoms with Crippen molar-refractivity contribution in [3.05, 3.63) is 23.8 Å². The SMILES string of the molecule is COC(=O)c1ccc(N)cc1S(=O)(=O)NCC(C)(C)O. The minimum atomic E-state index is -3.99. The molecule has 0 saturated carbocycles. The number of aliphatic hydroxyl groups is 1. The van der Waals surface area contributed by atoms with Gasteiger partial charge in [0.1, 0.15) is 0 Å². The van der Waals surface area contributed by atoms with Crippen LogP contribution in [0, 0.1) is 0 Å². The van der Waals surface area contributed by atoms with E-state index in [1.807, 2.05) is 0 Å². The fourth-order valence-electron chi connectivity index (χ4n) is 1.39. The first-order valence-electron chi connectivity index (χ1n) is 5.77. The topological polar surface area (TPSA) is 119 Å². The third kappa shape index (κ3) is 4.19. The van der Waals surface area contributed by atoms with E-state index in [2.05, 4.69) is 9.46 Å². The highest BCUT2D eigenvalue weighted by molar-refractivity contribution is 7.89. The molecule has 8 heteroatoms. The third-order valence-corrected chi connectivity index (χ3v) is 3.84. The lowest BCUT2D eigenvalue weighted by molar-refractivity contribution is 0.0596. The van der Waals surface area contributed by atoms with Gasteiger partial charge >= 0.3 is 5.97 Å². The van der Waals surface area contributed by atoms with E-state index in [4.69, 9.17) is 5.73 Å². The Balaban J connectivity index is 3.23. The number of sulfonamides is 1. The van der Waals surface area contributed by atoms with Gasteiger partial charge in [0.2, 0.25) is 10.0 Å². The van der Waals surface area contributed by atoms with Crippen LogP contribution in [0.25, 0.3) is 0 Å². The van der Waals surface area contributed by atoms with Crippen molar-refractivity contribution in [1.82, 2.24) is 4.72 Å². The summed E-state index contributed by atoms with van der Waals surface area (Å²) in [5.41, 5.74) is 4.41. The molecule has 20 heavy (non-hydrogen) atoms. The predicted octanol–water partition coefficient (Wildman–Crippen LogP) is 0.105. The number of methoxy groups -OCH3 is 1. The fraction of sp³-hybridized carbons (Fsp3) is 0.417. The minimum Gasteiger partial charge on any atom is -0.465 e. The van der Waals surface area contributed by atoms with Crippen LogP contribution in [0.2, 0.25) is 0 Å². The molecule has 0 heterocycles. The highest BCUT2D eigenvalue weighted by Gasteiger charge is 2.25. The molecular weight excluding hydrogens is 284 g/mol. The molecule has 0 aromatic heterocycles. The normalized spacial score (nSPS) is 12.2. The number of nitrogens with one attached hydrogen (secondary N) is 1. The molecule has 0 aliphatic rings. The quantitative estimate of drug-likeness (QED) is 0.524. The van der Waals surface area contributed by atoms with Crippen LogP contribution in [0.1, 0.15) is 24.2 Å². The van der Waals surface area contributed by atoms with E-state index in [0.29, 0.717) is 0 Å². The van der Waals surface area contributed by atoms with Crippen LogP contribution >= 0.6 is 0 Å². The molecule has 1 rings (SSSR count). The van der Waals surface area contributed by atoms with Crippen molar-refractivity contribution in [3.63, 3.8) is 0 Å². The number of nitrogen functional groups attached to an aromatic ring is 1. The summed E-state index contributed by atoms with van der Waals surface area (Å²) in [5.74, 6) is -0.784. The zero-order valence-electron chi connectivity index (χ0n) is 11.5. The monoisotopic (exact) mass is 302 g/mol. The Hall–Kier alpha value is -1.64. The molecule has 0 atom stereocenters. The van der Waals surface area contributed by atoms with E-state index >= 15 is 0 Å². The predicted molar refractivity (Wildman–Crippen MR) is 73.7 cm³/mol. The van der Waals surface area contributed by atoms with Crippen LogP contribution in [-0.4, -0.2) is 38.7 Å². The fourth-order valence-corrected chi connectivity index (χ4v) is 2.82. The molecule has 0 amide bonds. The number of benzene rings is 1. The van der Waals surface area contributed by atoms with Gasteiger partial charge in [0, 0.05) is 12.2 Å². The Morgan fingerprint density at radius 3 is 2.55 bits per heavy atom. The largest absolute Gasteiger partial charge is 0.465 e. The number of carbonyl (C=O) groups excluding carboxylic acids is 1. The van der Waals surface area contributed by atoms with Gasteiger partial charge in [-0.25, -0.2) is 17.9 Å². The number of hydrogen-bond acceptors (Lipinski definition) is 6. The second-order valence-corrected chi connectivity index (χ2v) is 6.62. The van der Waals surface area contributed by atoms with Gasteiger partial charge < -0.3 is 15.6 Å². The van der Waals surface area contributed by atoms with Crippen molar-refractivity contribution in [3.8, 4) is 0 Å². The van der Waals surface area contributed by atoms with Crippen molar-refractivity contribution in [2.24, 2.45) is 0 Å². The molecule has 0 saturated heterocycles. The summed E-state index contributed by atoms with van der Waals surface area (Å²) >= 11 is 0. The summed E-state index contributed by atoms with van der Waals surface area (Å²) in [6, 6.07) is 3.85. The first-order chi connectivity index (χ1) is 9.07. The molecule has 112 valence electrons. The van der Waals surface area contributed by atoms with Crippen molar-refractivity contribution >= 4 is 21.7 Å². The van der Waals surface area contributed by atoms with Gasteiger partial charge in [0.05, 0.1) is 23.2 Å². The Labute approximate surface area is 117 Å². The Kier molecular flexibility index (Phi) is 4.74. The first-order valence-corrected chi connectivity index (χ1v) is 7.25. The average Bonchev–Trinajstić information content (AvgIpc) is 2.35. The molecule has 1 aromatic carbocycles. The number of ether oxygens (including phenoxy) is 1. The second-order valence-electron chi connectivity index (χ2n) is 4.88. The van der Waals surface area contributed by atoms with Crippen LogP contribution in [0.5, 0.6) is 0 Å². The van der Waals surface area contributed by atoms with Gasteiger partial charge in [-0.2, -0.15) is 0 Å². The zero-order chi connectivity index (χ0) is 15.6. The molecule has 1 aromatic rings. The van der Waals surface area contributed by atoms with Crippen LogP contribution in [0.4, 0.5) is 5.69 Å². The second kappa shape index (κ2) is 5.78. The van der Waals surface area contributed by atoms with Gasteiger partial charge in [-0.3, -0.25) is 0 Å². The van der Waals surface area contributed by atoms with E-state index in [1.54, 1.807) is 0 Å². The maximum absolute atomic E-state index is 12.2. The molecule has 7 nitrogen and oxygen atoms in total. The van der Waals surface area contributed by atoms with E-state index in [0.717, 1.165) is 7.11 Å². The van der Waals surface area contributed by atoms with Crippen molar-refractivity contribution in [2.75, 3.05) is 19.4 Å². The smallest absolute Gasteiger partial charge is 0.339 e. The summed E-state index contributed by atoms with van der Waals surface area (Å²) in [7, 11) is -2.84. The first kappa shape index (κ1) is 16.4. The lowest BCUT2D eigenvalue weighted by Gasteiger charge is -2.18. The van der Waals surface area contributed by atoms with Crippen molar-refractivity contribution < 1.29 is 23.1 Å². The number of nitrogens with two attached hydrogens (primary N) is 1. The van der Waals surface area contributed by atoms with E-state index in [-0.39, 0.29) is 22.7 Å². The number of hydrogen-bond donors (Lipinski definition) is 3. The number of carbonyl (C=O) groups is 1. The third-order valence-electron chi connectivity index (χ3n) is 2.40. The number of anilines is 1. The molecule has 0 spiro atoms. The summed E-state index contributed by atoms with van der Waals surface area (Å²) < 4.78 is 31.1. The Bertz CT molecular complexity index is 605. The maximum Gasteiger partial charge on any atom is 0.339 e. The van der Waals surface area contributed by atoms with Gasteiger partial charge in [0.15, 0.2) is 0 Å². The van der Waals surface area contributed by atoms with Crippen molar-refractivity contribution in [2.45, 2.75) is 24.3 Å². The van der Waals surface area contributed by atoms with E-state index in [1.165, 1.54) is 32.0 Å². The van der Waals surface area contributed by atoms with Crippen molar-refractivity contribution in [1.29, 1.82) is 0 Å². The molecule has 0 aliphatic heterocycles. The molecular formula is C12H18N2O5S. The van der Waals surface area contributed by atoms with Gasteiger partial charge in [-0.15, -0.1) is 0 Å². The van der Waals surface area contributed by atoms with E-state index in [9.17, 15) is 18.3 Å². The highest BCUT2D eigenvalue weighted by Crippen LogP contribution is 2.20. The standard InChI is InChI=1S/C12H18N2O5S/c1-12(2,16)7-14-20(17,18)10-6-8(13)4-5-9(10)11(15)19-3/h4-6,14,16H,7,13H2,1-3H3. The number of esters is 1. The van der Waals surface area contributed by atoms with Crippen LogP contribution in [0.15, 0.2) is 23.1 Å². The van der Waals surface area contributed by atoms with E-state index < -0.39 is 21.6 Å². The summed E-state index contributed by atoms with van der Waals surface area (Å²) in [5, 5.41) is 9.56. The molecule has 0 radical (unpaired) electrons. The molecule has 0 aliphatic carbocycles. The van der Waals surface area contributed by atoms with Crippen LogP contribution < -0.4 is 10.5 Å². The summed E-state index contributed by atoms with van der Waals surface area (Å²) in [6.07, 6.45) is 0. The molecule has 0 unspecified atom stereocenters. The zero-order valence-corrected chi connectivity index (χ0v) is 12.3. The van der Waals surface area contributed by atoms with Gasteiger partial charge in [-0.1, -0.05) is 0 Å². The Morgan fingerprint density at radius 2 is 2.05 bits per heavy atom. The van der Waals surface area contributed by atoms with Crippen LogP contribution in [0.3, 0.4) is 0 Å². The molecule has 0 bridgehead atoms.